The van der Waals surface area contributed by atoms with Gasteiger partial charge in [0.1, 0.15) is 0 Å². The van der Waals surface area contributed by atoms with Crippen molar-refractivity contribution < 1.29 is 4.92 Å². The number of anilines is 1. The number of nitro benzene ring substituents is 1. The summed E-state index contributed by atoms with van der Waals surface area (Å²) in [7, 11) is 2.11. The molecule has 0 aliphatic carbocycles. The van der Waals surface area contributed by atoms with Crippen molar-refractivity contribution in [3.8, 4) is 0 Å². The monoisotopic (exact) mass is 264 g/mol. The van der Waals surface area contributed by atoms with Gasteiger partial charge in [-0.25, -0.2) is 0 Å². The number of hydrogen-bond acceptors (Lipinski definition) is 5. The number of nitrogens with zero attached hydrogens (tertiary/aromatic N) is 3. The summed E-state index contributed by atoms with van der Waals surface area (Å²) in [6, 6.07) is 5.14. The summed E-state index contributed by atoms with van der Waals surface area (Å²) in [5.41, 5.74) is 7.47. The number of nitrogen functional groups attached to an aromatic ring is 1. The van der Waals surface area contributed by atoms with E-state index >= 15 is 0 Å². The largest absolute Gasteiger partial charge is 0.398 e. The first-order chi connectivity index (χ1) is 8.97. The summed E-state index contributed by atoms with van der Waals surface area (Å²) in [4.78, 5) is 15.0. The molecule has 1 fully saturated rings. The maximum Gasteiger partial charge on any atom is 0.269 e. The third-order valence-electron chi connectivity index (χ3n) is 3.78. The van der Waals surface area contributed by atoms with Crippen LogP contribution >= 0.6 is 0 Å². The Hall–Kier alpha value is -1.66. The van der Waals surface area contributed by atoms with Crippen LogP contribution in [0.1, 0.15) is 12.5 Å². The number of hydrogen-bond donors (Lipinski definition) is 1. The summed E-state index contributed by atoms with van der Waals surface area (Å²) in [5.74, 6) is 0. The smallest absolute Gasteiger partial charge is 0.269 e. The van der Waals surface area contributed by atoms with Crippen LogP contribution in [0.15, 0.2) is 18.2 Å². The van der Waals surface area contributed by atoms with Gasteiger partial charge in [-0.2, -0.15) is 0 Å². The predicted molar refractivity (Wildman–Crippen MR) is 74.9 cm³/mol. The number of likely N-dealkylation sites (N-methyl/N-ethyl adjacent to an activating group) is 1. The molecule has 1 atom stereocenters. The van der Waals surface area contributed by atoms with Crippen molar-refractivity contribution in [3.63, 3.8) is 0 Å². The van der Waals surface area contributed by atoms with Gasteiger partial charge in [-0.15, -0.1) is 0 Å². The molecule has 6 nitrogen and oxygen atoms in total. The van der Waals surface area contributed by atoms with Crippen LogP contribution in [0.3, 0.4) is 0 Å². The van der Waals surface area contributed by atoms with Gasteiger partial charge in [0.25, 0.3) is 5.69 Å². The quantitative estimate of drug-likeness (QED) is 0.506. The van der Waals surface area contributed by atoms with Crippen molar-refractivity contribution in [1.82, 2.24) is 9.80 Å². The summed E-state index contributed by atoms with van der Waals surface area (Å²) in [6.07, 6.45) is 0. The van der Waals surface area contributed by atoms with E-state index < -0.39 is 0 Å². The highest BCUT2D eigenvalue weighted by atomic mass is 16.6. The first-order valence-electron chi connectivity index (χ1n) is 6.42. The van der Waals surface area contributed by atoms with Gasteiger partial charge in [0.2, 0.25) is 0 Å². The Bertz CT molecular complexity index is 478. The van der Waals surface area contributed by atoms with Crippen LogP contribution in [0.2, 0.25) is 0 Å². The number of piperazine rings is 1. The Labute approximate surface area is 112 Å². The third kappa shape index (κ3) is 3.21. The lowest BCUT2D eigenvalue weighted by Crippen LogP contribution is -2.49. The van der Waals surface area contributed by atoms with E-state index in [2.05, 4.69) is 23.8 Å². The van der Waals surface area contributed by atoms with Crippen LogP contribution in [0.25, 0.3) is 0 Å². The molecule has 1 aromatic carbocycles. The van der Waals surface area contributed by atoms with Crippen molar-refractivity contribution >= 4 is 11.4 Å². The molecule has 1 aliphatic rings. The van der Waals surface area contributed by atoms with E-state index in [1.165, 1.54) is 6.07 Å². The Kier molecular flexibility index (Phi) is 4.01. The second-order valence-electron chi connectivity index (χ2n) is 5.20. The van der Waals surface area contributed by atoms with E-state index in [0.29, 0.717) is 18.3 Å². The van der Waals surface area contributed by atoms with Gasteiger partial charge in [0.05, 0.1) is 4.92 Å². The van der Waals surface area contributed by atoms with Crippen LogP contribution < -0.4 is 5.73 Å². The zero-order chi connectivity index (χ0) is 14.0. The third-order valence-corrected chi connectivity index (χ3v) is 3.78. The Morgan fingerprint density at radius 1 is 1.47 bits per heavy atom. The molecule has 0 spiro atoms. The molecule has 0 aromatic heterocycles. The van der Waals surface area contributed by atoms with Crippen LogP contribution in [0.5, 0.6) is 0 Å². The van der Waals surface area contributed by atoms with Crippen molar-refractivity contribution in [2.75, 3.05) is 32.4 Å². The molecule has 2 N–H and O–H groups in total. The molecule has 0 radical (unpaired) electrons. The zero-order valence-corrected chi connectivity index (χ0v) is 11.4. The molecule has 1 unspecified atom stereocenters. The van der Waals surface area contributed by atoms with Crippen molar-refractivity contribution in [2.24, 2.45) is 0 Å². The Morgan fingerprint density at radius 2 is 2.21 bits per heavy atom. The summed E-state index contributed by atoms with van der Waals surface area (Å²) >= 11 is 0. The molecule has 1 saturated heterocycles. The zero-order valence-electron chi connectivity index (χ0n) is 11.4. The van der Waals surface area contributed by atoms with Crippen molar-refractivity contribution in [3.05, 3.63) is 33.9 Å². The maximum atomic E-state index is 10.8. The number of non-ortho nitro benzene ring substituents is 1. The van der Waals surface area contributed by atoms with Gasteiger partial charge in [0.15, 0.2) is 0 Å². The van der Waals surface area contributed by atoms with Crippen LogP contribution in [0.4, 0.5) is 11.4 Å². The maximum absolute atomic E-state index is 10.8. The first kappa shape index (κ1) is 13.8. The van der Waals surface area contributed by atoms with Crippen molar-refractivity contribution in [2.45, 2.75) is 19.5 Å². The predicted octanol–water partition coefficient (Wildman–Crippen LogP) is 1.31. The molecule has 104 valence electrons. The van der Waals surface area contributed by atoms with Gasteiger partial charge in [-0.3, -0.25) is 15.0 Å². The molecule has 0 amide bonds. The minimum Gasteiger partial charge on any atom is -0.398 e. The van der Waals surface area contributed by atoms with E-state index in [-0.39, 0.29) is 10.6 Å². The lowest BCUT2D eigenvalue weighted by Gasteiger charge is -2.37. The van der Waals surface area contributed by atoms with Crippen LogP contribution in [-0.4, -0.2) is 47.4 Å². The lowest BCUT2D eigenvalue weighted by molar-refractivity contribution is -0.384. The molecular weight excluding hydrogens is 244 g/mol. The fourth-order valence-corrected chi connectivity index (χ4v) is 2.35. The fourth-order valence-electron chi connectivity index (χ4n) is 2.35. The van der Waals surface area contributed by atoms with E-state index in [1.807, 2.05) is 0 Å². The minimum atomic E-state index is -0.379. The highest BCUT2D eigenvalue weighted by molar-refractivity contribution is 5.52. The van der Waals surface area contributed by atoms with Gasteiger partial charge < -0.3 is 10.6 Å². The van der Waals surface area contributed by atoms with E-state index in [9.17, 15) is 10.1 Å². The minimum absolute atomic E-state index is 0.103. The molecule has 2 rings (SSSR count). The molecule has 1 heterocycles. The van der Waals surface area contributed by atoms with E-state index in [0.717, 1.165) is 25.2 Å². The summed E-state index contributed by atoms with van der Waals surface area (Å²) in [5, 5.41) is 10.8. The van der Waals surface area contributed by atoms with Crippen LogP contribution in [-0.2, 0) is 6.54 Å². The van der Waals surface area contributed by atoms with Crippen molar-refractivity contribution in [1.29, 1.82) is 0 Å². The summed E-state index contributed by atoms with van der Waals surface area (Å²) in [6.45, 7) is 5.78. The topological polar surface area (TPSA) is 75.6 Å². The molecular formula is C13H20N4O2. The standard InChI is InChI=1S/C13H20N4O2/c1-10-8-16(6-5-15(10)2)9-11-7-12(17(18)19)3-4-13(11)14/h3-4,7,10H,5-6,8-9,14H2,1-2H3. The highest BCUT2D eigenvalue weighted by Gasteiger charge is 2.21. The average molecular weight is 264 g/mol. The van der Waals surface area contributed by atoms with Crippen LogP contribution in [0, 0.1) is 10.1 Å². The number of benzene rings is 1. The normalized spacial score (nSPS) is 21.5. The van der Waals surface area contributed by atoms with E-state index in [4.69, 9.17) is 5.73 Å². The van der Waals surface area contributed by atoms with Gasteiger partial charge in [0, 0.05) is 50.0 Å². The number of nitro groups is 1. The summed E-state index contributed by atoms with van der Waals surface area (Å²) < 4.78 is 0. The van der Waals surface area contributed by atoms with Gasteiger partial charge >= 0.3 is 0 Å². The lowest BCUT2D eigenvalue weighted by atomic mass is 10.1. The molecule has 19 heavy (non-hydrogen) atoms. The molecule has 0 saturated carbocycles. The molecule has 1 aliphatic heterocycles. The number of rotatable bonds is 3. The second-order valence-corrected chi connectivity index (χ2v) is 5.20. The Morgan fingerprint density at radius 3 is 2.84 bits per heavy atom. The fraction of sp³-hybridized carbons (Fsp3) is 0.538. The average Bonchev–Trinajstić information content (AvgIpc) is 2.36. The molecule has 6 heteroatoms. The highest BCUT2D eigenvalue weighted by Crippen LogP contribution is 2.22. The van der Waals surface area contributed by atoms with Gasteiger partial charge in [-0.05, 0) is 25.6 Å². The molecule has 1 aromatic rings. The SMILES string of the molecule is CC1CN(Cc2cc([N+](=O)[O-])ccc2N)CCN1C. The number of nitrogens with two attached hydrogens (primary N) is 1. The molecule has 0 bridgehead atoms. The van der Waals surface area contributed by atoms with E-state index in [1.54, 1.807) is 12.1 Å². The second kappa shape index (κ2) is 5.54. The van der Waals surface area contributed by atoms with Gasteiger partial charge in [-0.1, -0.05) is 0 Å². The Balaban J connectivity index is 2.10. The first-order valence-corrected chi connectivity index (χ1v) is 6.42.